The Hall–Kier alpha value is -3.13. The van der Waals surface area contributed by atoms with Crippen LogP contribution in [0.2, 0.25) is 0 Å². The van der Waals surface area contributed by atoms with Crippen LogP contribution in [-0.2, 0) is 9.53 Å². The molecule has 186 valence electrons. The molecule has 1 N–H and O–H groups in total. The number of carbonyl (C=O) groups excluding carboxylic acids is 2. The van der Waals surface area contributed by atoms with Crippen LogP contribution in [0.1, 0.15) is 27.2 Å². The van der Waals surface area contributed by atoms with E-state index in [2.05, 4.69) is 28.9 Å². The molecule has 0 aliphatic carbocycles. The third kappa shape index (κ3) is 8.33. The summed E-state index contributed by atoms with van der Waals surface area (Å²) >= 11 is 0. The molecule has 1 aromatic rings. The van der Waals surface area contributed by atoms with Crippen molar-refractivity contribution in [2.45, 2.75) is 33.3 Å². The molecule has 0 spiro atoms. The highest BCUT2D eigenvalue weighted by atomic mass is 19.1. The largest absolute Gasteiger partial charge is 0.442 e. The Kier molecular flexibility index (Phi) is 11.3. The minimum atomic E-state index is -0.532. The highest BCUT2D eigenvalue weighted by molar-refractivity contribution is 5.90. The predicted molar refractivity (Wildman–Crippen MR) is 136 cm³/mol. The van der Waals surface area contributed by atoms with Crippen molar-refractivity contribution in [3.8, 4) is 0 Å². The lowest BCUT2D eigenvalue weighted by Crippen LogP contribution is -2.46. The topological polar surface area (TPSA) is 65.1 Å². The van der Waals surface area contributed by atoms with Crippen LogP contribution in [0, 0.1) is 5.82 Å². The summed E-state index contributed by atoms with van der Waals surface area (Å²) in [6, 6.07) is 4.84. The minimum absolute atomic E-state index is 0.187. The number of carbonyl (C=O) groups is 2. The van der Waals surface area contributed by atoms with Gasteiger partial charge in [-0.05, 0) is 38.5 Å². The van der Waals surface area contributed by atoms with Crippen molar-refractivity contribution in [1.82, 2.24) is 10.2 Å². The summed E-state index contributed by atoms with van der Waals surface area (Å²) in [5, 5.41) is 2.63. The van der Waals surface area contributed by atoms with E-state index in [0.29, 0.717) is 11.4 Å². The number of anilines is 2. The van der Waals surface area contributed by atoms with Gasteiger partial charge in [-0.15, -0.1) is 6.58 Å². The summed E-state index contributed by atoms with van der Waals surface area (Å²) in [4.78, 5) is 28.9. The molecule has 0 saturated carbocycles. The van der Waals surface area contributed by atoms with Gasteiger partial charge in [0, 0.05) is 39.6 Å². The number of benzene rings is 1. The normalized spacial score (nSPS) is 18.7. The van der Waals surface area contributed by atoms with Gasteiger partial charge in [-0.1, -0.05) is 30.4 Å². The molecule has 1 atom stereocenters. The SMILES string of the molecule is C/C=C\C.C=CC/C=C/CN1CCN(c2ccc(N3C[C@H](CNC(C)=O)OC3=O)cc2F)CC1. The van der Waals surface area contributed by atoms with Crippen LogP contribution in [0.4, 0.5) is 20.6 Å². The molecule has 2 aliphatic rings. The first-order valence-corrected chi connectivity index (χ1v) is 11.7. The van der Waals surface area contributed by atoms with E-state index in [1.807, 2.05) is 37.0 Å². The van der Waals surface area contributed by atoms with Crippen LogP contribution in [0.3, 0.4) is 0 Å². The molecule has 2 heterocycles. The zero-order valence-corrected chi connectivity index (χ0v) is 20.5. The number of hydrogen-bond acceptors (Lipinski definition) is 5. The van der Waals surface area contributed by atoms with Crippen molar-refractivity contribution < 1.29 is 18.7 Å². The summed E-state index contributed by atoms with van der Waals surface area (Å²) < 4.78 is 20.1. The lowest BCUT2D eigenvalue weighted by Gasteiger charge is -2.35. The number of amides is 2. The van der Waals surface area contributed by atoms with Crippen LogP contribution in [0.15, 0.2) is 55.2 Å². The van der Waals surface area contributed by atoms with Gasteiger partial charge >= 0.3 is 6.09 Å². The Morgan fingerprint density at radius 3 is 2.50 bits per heavy atom. The maximum absolute atomic E-state index is 14.8. The molecule has 0 aromatic heterocycles. The van der Waals surface area contributed by atoms with Crippen molar-refractivity contribution >= 4 is 23.4 Å². The van der Waals surface area contributed by atoms with Crippen molar-refractivity contribution in [3.63, 3.8) is 0 Å². The van der Waals surface area contributed by atoms with Crippen LogP contribution in [0.5, 0.6) is 0 Å². The Balaban J connectivity index is 0.000000945. The third-order valence-corrected chi connectivity index (χ3v) is 5.58. The molecule has 1 aromatic carbocycles. The maximum atomic E-state index is 14.8. The summed E-state index contributed by atoms with van der Waals surface area (Å²) in [5.41, 5.74) is 1.00. The number of ether oxygens (including phenoxy) is 1. The van der Waals surface area contributed by atoms with E-state index in [9.17, 15) is 14.0 Å². The van der Waals surface area contributed by atoms with Gasteiger partial charge in [0.15, 0.2) is 0 Å². The van der Waals surface area contributed by atoms with Crippen LogP contribution < -0.4 is 15.1 Å². The molecule has 0 unspecified atom stereocenters. The Morgan fingerprint density at radius 1 is 1.21 bits per heavy atom. The van der Waals surface area contributed by atoms with E-state index in [1.165, 1.54) is 17.9 Å². The Labute approximate surface area is 202 Å². The first-order chi connectivity index (χ1) is 16.4. The molecular weight excluding hydrogens is 435 g/mol. The fourth-order valence-electron chi connectivity index (χ4n) is 3.60. The Bertz CT molecular complexity index is 875. The number of allylic oxidation sites excluding steroid dienone is 4. The van der Waals surface area contributed by atoms with Gasteiger partial charge in [-0.2, -0.15) is 0 Å². The van der Waals surface area contributed by atoms with Gasteiger partial charge in [-0.25, -0.2) is 9.18 Å². The second kappa shape index (κ2) is 14.2. The van der Waals surface area contributed by atoms with Gasteiger partial charge in [0.25, 0.3) is 0 Å². The quantitative estimate of drug-likeness (QED) is 0.577. The predicted octanol–water partition coefficient (Wildman–Crippen LogP) is 4.12. The van der Waals surface area contributed by atoms with Crippen molar-refractivity contribution in [3.05, 3.63) is 61.0 Å². The highest BCUT2D eigenvalue weighted by Crippen LogP contribution is 2.28. The van der Waals surface area contributed by atoms with Crippen LogP contribution in [0.25, 0.3) is 0 Å². The number of cyclic esters (lactones) is 1. The lowest BCUT2D eigenvalue weighted by molar-refractivity contribution is -0.119. The van der Waals surface area contributed by atoms with E-state index in [-0.39, 0.29) is 24.8 Å². The smallest absolute Gasteiger partial charge is 0.414 e. The van der Waals surface area contributed by atoms with Crippen molar-refractivity contribution in [1.29, 1.82) is 0 Å². The third-order valence-electron chi connectivity index (χ3n) is 5.58. The summed E-state index contributed by atoms with van der Waals surface area (Å²) in [6.45, 7) is 13.7. The average molecular weight is 473 g/mol. The average Bonchev–Trinajstić information content (AvgIpc) is 3.21. The molecule has 0 radical (unpaired) electrons. The molecule has 3 rings (SSSR count). The number of nitrogens with zero attached hydrogens (tertiary/aromatic N) is 3. The molecule has 2 fully saturated rings. The second-order valence-corrected chi connectivity index (χ2v) is 8.14. The molecule has 7 nitrogen and oxygen atoms in total. The highest BCUT2D eigenvalue weighted by Gasteiger charge is 2.33. The number of piperazine rings is 1. The maximum Gasteiger partial charge on any atom is 0.414 e. The van der Waals surface area contributed by atoms with Gasteiger partial charge in [0.1, 0.15) is 11.9 Å². The summed E-state index contributed by atoms with van der Waals surface area (Å²) in [6.07, 6.45) is 10.00. The number of rotatable bonds is 8. The molecule has 2 aliphatic heterocycles. The molecule has 34 heavy (non-hydrogen) atoms. The molecule has 0 bridgehead atoms. The van der Waals surface area contributed by atoms with Crippen LogP contribution in [-0.4, -0.2) is 68.8 Å². The minimum Gasteiger partial charge on any atom is -0.442 e. The van der Waals surface area contributed by atoms with Gasteiger partial charge in [0.2, 0.25) is 5.91 Å². The summed E-state index contributed by atoms with van der Waals surface area (Å²) in [7, 11) is 0. The fourth-order valence-corrected chi connectivity index (χ4v) is 3.60. The second-order valence-electron chi connectivity index (χ2n) is 8.14. The Morgan fingerprint density at radius 2 is 1.91 bits per heavy atom. The molecule has 2 amide bonds. The summed E-state index contributed by atoms with van der Waals surface area (Å²) in [5.74, 6) is -0.544. The van der Waals surface area contributed by atoms with E-state index >= 15 is 0 Å². The first-order valence-electron chi connectivity index (χ1n) is 11.7. The number of nitrogens with one attached hydrogen (secondary N) is 1. The van der Waals surface area contributed by atoms with E-state index in [0.717, 1.165) is 39.1 Å². The molecule has 2 saturated heterocycles. The number of hydrogen-bond donors (Lipinski definition) is 1. The standard InChI is InChI=1S/C22H29FN4O3.C4H8/c1-3-4-5-6-9-25-10-12-26(13-11-25)21-8-7-18(14-20(21)23)27-16-19(30-22(27)29)15-24-17(2)28;1-3-4-2/h3,5-8,14,19H,1,4,9-13,15-16H2,2H3,(H,24,28);3-4H,1-2H3/b6-5+;4-3-/t19-;/m0./s1. The van der Waals surface area contributed by atoms with Crippen molar-refractivity contribution in [2.24, 2.45) is 0 Å². The van der Waals surface area contributed by atoms with E-state index < -0.39 is 12.2 Å². The van der Waals surface area contributed by atoms with Crippen LogP contribution >= 0.6 is 0 Å². The van der Waals surface area contributed by atoms with Gasteiger partial charge in [-0.3, -0.25) is 14.6 Å². The first kappa shape index (κ1) is 27.1. The fraction of sp³-hybridized carbons (Fsp3) is 0.462. The molecule has 8 heteroatoms. The number of halogens is 1. The van der Waals surface area contributed by atoms with Gasteiger partial charge in [0.05, 0.1) is 24.5 Å². The van der Waals surface area contributed by atoms with E-state index in [1.54, 1.807) is 12.1 Å². The van der Waals surface area contributed by atoms with Gasteiger partial charge < -0.3 is 15.0 Å². The molecular formula is C26H37FN4O3. The van der Waals surface area contributed by atoms with E-state index in [4.69, 9.17) is 4.74 Å². The lowest BCUT2D eigenvalue weighted by atomic mass is 10.2. The zero-order valence-electron chi connectivity index (χ0n) is 20.5. The monoisotopic (exact) mass is 472 g/mol. The zero-order chi connectivity index (χ0) is 24.9. The van der Waals surface area contributed by atoms with Crippen molar-refractivity contribution in [2.75, 3.05) is 55.6 Å².